The fourth-order valence-electron chi connectivity index (χ4n) is 2.05. The molecule has 0 fully saturated rings. The van der Waals surface area contributed by atoms with Crippen molar-refractivity contribution in [3.8, 4) is 0 Å². The van der Waals surface area contributed by atoms with E-state index in [4.69, 9.17) is 14.9 Å². The predicted molar refractivity (Wildman–Crippen MR) is 79.3 cm³/mol. The molecular weight excluding hydrogens is 308 g/mol. The monoisotopic (exact) mass is 328 g/mol. The Balaban J connectivity index is 3.15. The number of hydrogen-bond acceptors (Lipinski definition) is 7. The molecule has 128 valence electrons. The highest BCUT2D eigenvalue weighted by Crippen LogP contribution is 2.26. The van der Waals surface area contributed by atoms with E-state index in [1.807, 2.05) is 0 Å². The predicted octanol–water partition coefficient (Wildman–Crippen LogP) is -0.328. The second-order valence-electron chi connectivity index (χ2n) is 4.90. The molecule has 2 unspecified atom stereocenters. The van der Waals surface area contributed by atoms with Crippen molar-refractivity contribution in [2.45, 2.75) is 25.5 Å². The molecular formula is C14H20N2O7. The molecule has 2 atom stereocenters. The number of allylic oxidation sites excluding steroid dienone is 2. The zero-order valence-corrected chi connectivity index (χ0v) is 12.7. The van der Waals surface area contributed by atoms with Crippen LogP contribution in [-0.4, -0.2) is 58.2 Å². The van der Waals surface area contributed by atoms with Crippen LogP contribution in [0.2, 0.25) is 0 Å². The van der Waals surface area contributed by atoms with Crippen LogP contribution in [0.5, 0.6) is 0 Å². The minimum Gasteiger partial charge on any atom is -0.515 e. The Morgan fingerprint density at radius 1 is 1.43 bits per heavy atom. The summed E-state index contributed by atoms with van der Waals surface area (Å²) in [6.07, 6.45) is 1.29. The van der Waals surface area contributed by atoms with Gasteiger partial charge in [-0.05, 0) is 18.6 Å². The van der Waals surface area contributed by atoms with Gasteiger partial charge in [0.25, 0.3) is 0 Å². The number of nitrogens with one attached hydrogen (secondary N) is 2. The molecule has 0 aromatic rings. The molecule has 23 heavy (non-hydrogen) atoms. The van der Waals surface area contributed by atoms with Crippen LogP contribution >= 0.6 is 0 Å². The average molecular weight is 328 g/mol. The fraction of sp³-hybridized carbons (Fsp3) is 0.429. The first-order valence-electron chi connectivity index (χ1n) is 6.75. The smallest absolute Gasteiger partial charge is 0.328 e. The van der Waals surface area contributed by atoms with Crippen molar-refractivity contribution in [2.24, 2.45) is 0 Å². The van der Waals surface area contributed by atoms with E-state index in [9.17, 15) is 19.8 Å². The van der Waals surface area contributed by atoms with Crippen LogP contribution in [-0.2, 0) is 14.3 Å². The minimum absolute atomic E-state index is 0.185. The van der Waals surface area contributed by atoms with Gasteiger partial charge < -0.3 is 35.8 Å². The first-order valence-corrected chi connectivity index (χ1v) is 6.75. The number of aliphatic hydroxyl groups is 2. The van der Waals surface area contributed by atoms with Gasteiger partial charge in [-0.3, -0.25) is 4.79 Å². The van der Waals surface area contributed by atoms with Gasteiger partial charge in [0, 0.05) is 6.42 Å². The van der Waals surface area contributed by atoms with Gasteiger partial charge in [0.15, 0.2) is 11.8 Å². The molecule has 0 amide bonds. The SMILES string of the molecule is COC1=C(NCC(=O)O)C/C(=C\O)C=C1NC(C(=O)O)C(C)O. The molecule has 0 bridgehead atoms. The van der Waals surface area contributed by atoms with Crippen molar-refractivity contribution in [1.82, 2.24) is 10.6 Å². The van der Waals surface area contributed by atoms with Crippen LogP contribution in [0.4, 0.5) is 0 Å². The van der Waals surface area contributed by atoms with Crippen LogP contribution in [0.3, 0.4) is 0 Å². The fourth-order valence-corrected chi connectivity index (χ4v) is 2.05. The zero-order valence-electron chi connectivity index (χ0n) is 12.7. The quantitative estimate of drug-likeness (QED) is 0.329. The Kier molecular flexibility index (Phi) is 6.46. The summed E-state index contributed by atoms with van der Waals surface area (Å²) in [6, 6.07) is -1.30. The molecule has 0 spiro atoms. The van der Waals surface area contributed by atoms with Gasteiger partial charge in [-0.2, -0.15) is 0 Å². The summed E-state index contributed by atoms with van der Waals surface area (Å²) < 4.78 is 5.21. The maximum atomic E-state index is 11.2. The largest absolute Gasteiger partial charge is 0.515 e. The molecule has 0 saturated heterocycles. The molecule has 1 aliphatic carbocycles. The lowest BCUT2D eigenvalue weighted by molar-refractivity contribution is -0.142. The molecule has 0 heterocycles. The lowest BCUT2D eigenvalue weighted by Crippen LogP contribution is -2.45. The van der Waals surface area contributed by atoms with Crippen LogP contribution in [0.1, 0.15) is 13.3 Å². The number of aliphatic hydroxyl groups excluding tert-OH is 2. The van der Waals surface area contributed by atoms with Gasteiger partial charge in [0.1, 0.15) is 6.54 Å². The average Bonchev–Trinajstić information content (AvgIpc) is 2.48. The van der Waals surface area contributed by atoms with E-state index in [2.05, 4.69) is 10.6 Å². The zero-order chi connectivity index (χ0) is 17.6. The minimum atomic E-state index is -1.30. The van der Waals surface area contributed by atoms with E-state index < -0.39 is 24.1 Å². The second-order valence-corrected chi connectivity index (χ2v) is 4.90. The van der Waals surface area contributed by atoms with Crippen molar-refractivity contribution in [3.05, 3.63) is 35.1 Å². The number of methoxy groups -OCH3 is 1. The van der Waals surface area contributed by atoms with E-state index in [0.29, 0.717) is 11.3 Å². The molecule has 0 aromatic carbocycles. The van der Waals surface area contributed by atoms with Gasteiger partial charge in [-0.15, -0.1) is 0 Å². The molecule has 6 N–H and O–H groups in total. The summed E-state index contributed by atoms with van der Waals surface area (Å²) in [5.41, 5.74) is 0.992. The summed E-state index contributed by atoms with van der Waals surface area (Å²) in [7, 11) is 1.35. The van der Waals surface area contributed by atoms with Crippen LogP contribution < -0.4 is 10.6 Å². The Bertz CT molecular complexity index is 563. The number of rotatable bonds is 8. The van der Waals surface area contributed by atoms with Crippen molar-refractivity contribution in [1.29, 1.82) is 0 Å². The highest BCUT2D eigenvalue weighted by molar-refractivity contribution is 5.75. The molecule has 1 aliphatic rings. The molecule has 0 radical (unpaired) electrons. The topological polar surface area (TPSA) is 148 Å². The van der Waals surface area contributed by atoms with Crippen molar-refractivity contribution < 1.29 is 34.8 Å². The van der Waals surface area contributed by atoms with Crippen molar-refractivity contribution in [2.75, 3.05) is 13.7 Å². The molecule has 0 aliphatic heterocycles. The Morgan fingerprint density at radius 2 is 2.09 bits per heavy atom. The third-order valence-corrected chi connectivity index (χ3v) is 3.11. The van der Waals surface area contributed by atoms with Crippen LogP contribution in [0, 0.1) is 0 Å². The Labute approximate surface area is 132 Å². The maximum Gasteiger partial charge on any atom is 0.328 e. The van der Waals surface area contributed by atoms with Gasteiger partial charge in [-0.25, -0.2) is 4.79 Å². The number of carbonyl (C=O) groups is 2. The number of carboxylic acids is 2. The third-order valence-electron chi connectivity index (χ3n) is 3.11. The maximum absolute atomic E-state index is 11.2. The standard InChI is InChI=1S/C14H20N2O7/c1-7(18)12(14(21)22)16-10-4-8(6-17)3-9(13(10)23-2)15-5-11(19)20/h4,6-7,12,15-18H,3,5H2,1-2H3,(H,19,20)(H,21,22)/b8-6+. The summed E-state index contributed by atoms with van der Waals surface area (Å²) in [6.45, 7) is 0.949. The van der Waals surface area contributed by atoms with Crippen molar-refractivity contribution >= 4 is 11.9 Å². The van der Waals surface area contributed by atoms with E-state index in [1.54, 1.807) is 0 Å². The van der Waals surface area contributed by atoms with E-state index >= 15 is 0 Å². The normalized spacial score (nSPS) is 18.9. The first kappa shape index (κ1) is 18.4. The highest BCUT2D eigenvalue weighted by atomic mass is 16.5. The molecule has 9 heteroatoms. The summed E-state index contributed by atoms with van der Waals surface area (Å²) in [4.78, 5) is 21.9. The number of hydrogen-bond donors (Lipinski definition) is 6. The summed E-state index contributed by atoms with van der Waals surface area (Å²) >= 11 is 0. The van der Waals surface area contributed by atoms with Gasteiger partial charge >= 0.3 is 11.9 Å². The second kappa shape index (κ2) is 8.08. The first-order chi connectivity index (χ1) is 10.8. The lowest BCUT2D eigenvalue weighted by Gasteiger charge is -2.26. The Morgan fingerprint density at radius 3 is 2.52 bits per heavy atom. The molecule has 0 saturated carbocycles. The summed E-state index contributed by atoms with van der Waals surface area (Å²) in [5.74, 6) is -2.14. The highest BCUT2D eigenvalue weighted by Gasteiger charge is 2.28. The molecule has 1 rings (SSSR count). The Hall–Kier alpha value is -2.68. The van der Waals surface area contributed by atoms with E-state index in [1.165, 1.54) is 20.1 Å². The van der Waals surface area contributed by atoms with Crippen LogP contribution in [0.15, 0.2) is 35.1 Å². The van der Waals surface area contributed by atoms with E-state index in [0.717, 1.165) is 6.26 Å². The lowest BCUT2D eigenvalue weighted by atomic mass is 10.0. The number of aliphatic carboxylic acids is 2. The van der Waals surface area contributed by atoms with Gasteiger partial charge in [0.2, 0.25) is 0 Å². The molecule has 9 nitrogen and oxygen atoms in total. The van der Waals surface area contributed by atoms with Gasteiger partial charge in [-0.1, -0.05) is 0 Å². The molecule has 0 aromatic heterocycles. The van der Waals surface area contributed by atoms with E-state index in [-0.39, 0.29) is 24.4 Å². The third kappa shape index (κ3) is 4.92. The number of ether oxygens (including phenoxy) is 1. The summed E-state index contributed by atoms with van der Waals surface area (Å²) in [5, 5.41) is 41.9. The van der Waals surface area contributed by atoms with Crippen LogP contribution in [0.25, 0.3) is 0 Å². The number of carboxylic acid groups (broad SMARTS) is 2. The van der Waals surface area contributed by atoms with Gasteiger partial charge in [0.05, 0.1) is 30.9 Å². The van der Waals surface area contributed by atoms with Crippen molar-refractivity contribution in [3.63, 3.8) is 0 Å².